The average Bonchev–Trinajstić information content (AvgIpc) is 2.78. The number of H-pyrrole nitrogens is 1. The number of aromatic amines is 1. The third-order valence-corrected chi connectivity index (χ3v) is 4.88. The van der Waals surface area contributed by atoms with Gasteiger partial charge in [-0.25, -0.2) is 4.68 Å². The van der Waals surface area contributed by atoms with Crippen LogP contribution in [0.25, 0.3) is 21.5 Å². The average molecular weight is 403 g/mol. The Morgan fingerprint density at radius 3 is 2.43 bits per heavy atom. The van der Waals surface area contributed by atoms with Gasteiger partial charge in [0, 0.05) is 11.8 Å². The van der Waals surface area contributed by atoms with Crippen molar-refractivity contribution in [3.05, 3.63) is 87.4 Å². The molecule has 0 bridgehead atoms. The molecule has 1 heterocycles. The minimum atomic E-state index is -0.353. The van der Waals surface area contributed by atoms with Crippen LogP contribution in [0.1, 0.15) is 6.42 Å². The fraction of sp³-hybridized carbons (Fsp3) is 0.174. The summed E-state index contributed by atoms with van der Waals surface area (Å²) < 4.78 is 6.98. The molecule has 0 unspecified atom stereocenters. The molecule has 0 atom stereocenters. The summed E-state index contributed by atoms with van der Waals surface area (Å²) in [5.41, 5.74) is -0.675. The van der Waals surface area contributed by atoms with Crippen molar-refractivity contribution in [3.8, 4) is 5.75 Å². The van der Waals surface area contributed by atoms with E-state index in [0.717, 1.165) is 16.5 Å². The second kappa shape index (κ2) is 8.65. The standard InChI is InChI=1S/C23H21N3O4/c27-21(12-14-26-23(29)19-10-4-3-9-18(19)22(28)25-26)24-13-15-30-20-11-5-7-16-6-1-2-8-17(16)20/h1-11H,12-15H2,(H,24,27)(H,25,28). The van der Waals surface area contributed by atoms with Crippen LogP contribution in [0.4, 0.5) is 0 Å². The van der Waals surface area contributed by atoms with Crippen molar-refractivity contribution < 1.29 is 9.53 Å². The number of nitrogens with zero attached hydrogens (tertiary/aromatic N) is 1. The zero-order valence-electron chi connectivity index (χ0n) is 16.3. The van der Waals surface area contributed by atoms with E-state index in [-0.39, 0.29) is 30.0 Å². The van der Waals surface area contributed by atoms with E-state index in [9.17, 15) is 14.4 Å². The highest BCUT2D eigenvalue weighted by Gasteiger charge is 2.08. The van der Waals surface area contributed by atoms with Crippen LogP contribution in [0.2, 0.25) is 0 Å². The van der Waals surface area contributed by atoms with Gasteiger partial charge in [0.05, 0.1) is 23.9 Å². The van der Waals surface area contributed by atoms with Gasteiger partial charge >= 0.3 is 0 Å². The zero-order chi connectivity index (χ0) is 20.9. The number of carbonyl (C=O) groups excluding carboxylic acids is 1. The van der Waals surface area contributed by atoms with Crippen molar-refractivity contribution in [1.29, 1.82) is 0 Å². The summed E-state index contributed by atoms with van der Waals surface area (Å²) in [6.07, 6.45) is 0.0719. The number of hydrogen-bond acceptors (Lipinski definition) is 4. The Labute approximate surface area is 171 Å². The SMILES string of the molecule is O=C(CCn1[nH]c(=O)c2ccccc2c1=O)NCCOc1cccc2ccccc12. The van der Waals surface area contributed by atoms with E-state index in [4.69, 9.17) is 4.74 Å². The van der Waals surface area contributed by atoms with Gasteiger partial charge in [0.25, 0.3) is 11.1 Å². The number of amides is 1. The Kier molecular flexibility index (Phi) is 5.61. The number of hydrogen-bond donors (Lipinski definition) is 2. The van der Waals surface area contributed by atoms with Gasteiger partial charge in [-0.05, 0) is 23.6 Å². The summed E-state index contributed by atoms with van der Waals surface area (Å²) >= 11 is 0. The van der Waals surface area contributed by atoms with Crippen LogP contribution in [-0.4, -0.2) is 28.8 Å². The molecular weight excluding hydrogens is 382 g/mol. The lowest BCUT2D eigenvalue weighted by molar-refractivity contribution is -0.121. The van der Waals surface area contributed by atoms with Crippen molar-refractivity contribution in [2.75, 3.05) is 13.2 Å². The first-order valence-electron chi connectivity index (χ1n) is 9.72. The van der Waals surface area contributed by atoms with Crippen molar-refractivity contribution in [2.24, 2.45) is 0 Å². The normalized spacial score (nSPS) is 10.9. The number of benzene rings is 3. The molecule has 4 rings (SSSR count). The molecule has 0 saturated heterocycles. The predicted octanol–water partition coefficient (Wildman–Crippen LogP) is 2.43. The number of fused-ring (bicyclic) bond motifs is 2. The van der Waals surface area contributed by atoms with Crippen molar-refractivity contribution >= 4 is 27.5 Å². The predicted molar refractivity (Wildman–Crippen MR) is 116 cm³/mol. The minimum absolute atomic E-state index is 0.0719. The summed E-state index contributed by atoms with van der Waals surface area (Å²) in [6, 6.07) is 20.4. The molecule has 7 nitrogen and oxygen atoms in total. The highest BCUT2D eigenvalue weighted by Crippen LogP contribution is 2.24. The Morgan fingerprint density at radius 1 is 0.900 bits per heavy atom. The first-order valence-corrected chi connectivity index (χ1v) is 9.72. The van der Waals surface area contributed by atoms with Crippen molar-refractivity contribution in [1.82, 2.24) is 15.1 Å². The number of nitrogens with one attached hydrogen (secondary N) is 2. The molecule has 0 aliphatic rings. The molecule has 7 heteroatoms. The van der Waals surface area contributed by atoms with E-state index in [1.165, 1.54) is 4.68 Å². The van der Waals surface area contributed by atoms with E-state index in [1.807, 2.05) is 42.5 Å². The van der Waals surface area contributed by atoms with Gasteiger partial charge in [-0.2, -0.15) is 0 Å². The van der Waals surface area contributed by atoms with Crippen LogP contribution in [0, 0.1) is 0 Å². The van der Waals surface area contributed by atoms with Crippen LogP contribution < -0.4 is 21.2 Å². The number of ether oxygens (including phenoxy) is 1. The van der Waals surface area contributed by atoms with E-state index in [0.29, 0.717) is 23.9 Å². The smallest absolute Gasteiger partial charge is 0.273 e. The molecule has 3 aromatic carbocycles. The first-order chi connectivity index (χ1) is 14.6. The molecule has 0 saturated carbocycles. The lowest BCUT2D eigenvalue weighted by Gasteiger charge is -2.11. The van der Waals surface area contributed by atoms with Gasteiger partial charge in [-0.1, -0.05) is 48.5 Å². The maximum Gasteiger partial charge on any atom is 0.273 e. The van der Waals surface area contributed by atoms with Crippen LogP contribution >= 0.6 is 0 Å². The van der Waals surface area contributed by atoms with Crippen molar-refractivity contribution in [3.63, 3.8) is 0 Å². The van der Waals surface area contributed by atoms with E-state index < -0.39 is 0 Å². The number of rotatable bonds is 7. The summed E-state index contributed by atoms with van der Waals surface area (Å²) in [5, 5.41) is 8.09. The second-order valence-corrected chi connectivity index (χ2v) is 6.87. The van der Waals surface area contributed by atoms with Crippen molar-refractivity contribution in [2.45, 2.75) is 13.0 Å². The summed E-state index contributed by atoms with van der Waals surface area (Å²) in [6.45, 7) is 0.757. The first kappa shape index (κ1) is 19.4. The molecule has 1 aromatic heterocycles. The fourth-order valence-electron chi connectivity index (χ4n) is 3.38. The highest BCUT2D eigenvalue weighted by molar-refractivity contribution is 5.88. The van der Waals surface area contributed by atoms with Crippen LogP contribution in [0.3, 0.4) is 0 Å². The molecule has 152 valence electrons. The Balaban J connectivity index is 1.31. The summed E-state index contributed by atoms with van der Waals surface area (Å²) in [7, 11) is 0. The second-order valence-electron chi connectivity index (χ2n) is 6.87. The van der Waals surface area contributed by atoms with E-state index in [1.54, 1.807) is 24.3 Å². The van der Waals surface area contributed by atoms with Gasteiger partial charge in [0.2, 0.25) is 5.91 Å². The lowest BCUT2D eigenvalue weighted by atomic mass is 10.1. The van der Waals surface area contributed by atoms with Gasteiger partial charge in [-0.15, -0.1) is 0 Å². The Morgan fingerprint density at radius 2 is 1.60 bits per heavy atom. The van der Waals surface area contributed by atoms with Gasteiger partial charge in [0.1, 0.15) is 12.4 Å². The molecule has 4 aromatic rings. The zero-order valence-corrected chi connectivity index (χ0v) is 16.3. The largest absolute Gasteiger partial charge is 0.491 e. The fourth-order valence-corrected chi connectivity index (χ4v) is 3.38. The molecule has 0 radical (unpaired) electrons. The topological polar surface area (TPSA) is 93.2 Å². The Bertz CT molecular complexity index is 1320. The lowest BCUT2D eigenvalue weighted by Crippen LogP contribution is -2.33. The van der Waals surface area contributed by atoms with Gasteiger partial charge in [0.15, 0.2) is 0 Å². The summed E-state index contributed by atoms with van der Waals surface area (Å²) in [4.78, 5) is 36.7. The van der Waals surface area contributed by atoms with Gasteiger partial charge in [-0.3, -0.25) is 19.5 Å². The van der Waals surface area contributed by atoms with Crippen LogP contribution in [0.15, 0.2) is 76.3 Å². The van der Waals surface area contributed by atoms with Gasteiger partial charge < -0.3 is 10.1 Å². The number of carbonyl (C=O) groups is 1. The molecule has 1 amide bonds. The van der Waals surface area contributed by atoms with Crippen LogP contribution in [-0.2, 0) is 11.3 Å². The third-order valence-electron chi connectivity index (χ3n) is 4.88. The maximum absolute atomic E-state index is 12.5. The Hall–Kier alpha value is -3.87. The monoisotopic (exact) mass is 403 g/mol. The molecule has 0 fully saturated rings. The van der Waals surface area contributed by atoms with E-state index >= 15 is 0 Å². The minimum Gasteiger partial charge on any atom is -0.491 e. The molecular formula is C23H21N3O4. The summed E-state index contributed by atoms with van der Waals surface area (Å²) in [5.74, 6) is 0.542. The number of aromatic nitrogens is 2. The molecule has 2 N–H and O–H groups in total. The molecule has 0 spiro atoms. The maximum atomic E-state index is 12.5. The quantitative estimate of drug-likeness (QED) is 0.464. The third kappa shape index (κ3) is 4.10. The van der Waals surface area contributed by atoms with E-state index in [2.05, 4.69) is 10.4 Å². The molecule has 0 aliphatic heterocycles. The molecule has 0 aliphatic carbocycles. The number of aryl methyl sites for hydroxylation is 1. The van der Waals surface area contributed by atoms with Crippen LogP contribution in [0.5, 0.6) is 5.75 Å². The highest BCUT2D eigenvalue weighted by atomic mass is 16.5. The molecule has 30 heavy (non-hydrogen) atoms.